The lowest BCUT2D eigenvalue weighted by atomic mass is 9.76. The van der Waals surface area contributed by atoms with Crippen LogP contribution in [0.15, 0.2) is 48.9 Å². The SMILES string of the molecule is O[C@H](c1cc(Cl)cc2cncn12)[C@H]1CC[C@H](c2ccc(Cl)cc2)CC1. The van der Waals surface area contributed by atoms with Gasteiger partial charge in [-0.25, -0.2) is 4.98 Å². The minimum absolute atomic E-state index is 0.243. The van der Waals surface area contributed by atoms with Crippen molar-refractivity contribution in [2.45, 2.75) is 37.7 Å². The Bertz CT molecular complexity index is 867. The second kappa shape index (κ2) is 6.99. The molecule has 0 amide bonds. The first kappa shape index (κ1) is 16.9. The van der Waals surface area contributed by atoms with E-state index in [0.29, 0.717) is 10.9 Å². The lowest BCUT2D eigenvalue weighted by molar-refractivity contribution is 0.0763. The van der Waals surface area contributed by atoms with Gasteiger partial charge in [0.1, 0.15) is 0 Å². The van der Waals surface area contributed by atoms with Crippen LogP contribution in [0.4, 0.5) is 0 Å². The Morgan fingerprint density at radius 1 is 1.00 bits per heavy atom. The van der Waals surface area contributed by atoms with Crippen LogP contribution in [0.25, 0.3) is 5.52 Å². The van der Waals surface area contributed by atoms with Crippen molar-refractivity contribution in [1.29, 1.82) is 0 Å². The number of fused-ring (bicyclic) bond motifs is 1. The Hall–Kier alpha value is -1.55. The Morgan fingerprint density at radius 2 is 1.72 bits per heavy atom. The van der Waals surface area contributed by atoms with E-state index in [4.69, 9.17) is 23.2 Å². The summed E-state index contributed by atoms with van der Waals surface area (Å²) in [5.74, 6) is 0.793. The second-order valence-corrected chi connectivity index (χ2v) is 7.77. The van der Waals surface area contributed by atoms with Crippen molar-refractivity contribution in [3.8, 4) is 0 Å². The maximum atomic E-state index is 11.0. The van der Waals surface area contributed by atoms with Crippen molar-refractivity contribution < 1.29 is 5.11 Å². The van der Waals surface area contributed by atoms with Crippen LogP contribution < -0.4 is 0 Å². The van der Waals surface area contributed by atoms with E-state index in [-0.39, 0.29) is 5.92 Å². The lowest BCUT2D eigenvalue weighted by Gasteiger charge is -2.32. The first-order valence-corrected chi connectivity index (χ1v) is 9.42. The zero-order chi connectivity index (χ0) is 17.4. The molecular weight excluding hydrogens is 355 g/mol. The van der Waals surface area contributed by atoms with Gasteiger partial charge in [-0.1, -0.05) is 35.3 Å². The highest BCUT2D eigenvalue weighted by Gasteiger charge is 2.29. The topological polar surface area (TPSA) is 37.5 Å². The second-order valence-electron chi connectivity index (χ2n) is 6.90. The number of aliphatic hydroxyl groups is 1. The zero-order valence-electron chi connectivity index (χ0n) is 13.8. The van der Waals surface area contributed by atoms with Gasteiger partial charge >= 0.3 is 0 Å². The third-order valence-electron chi connectivity index (χ3n) is 5.38. The van der Waals surface area contributed by atoms with E-state index in [9.17, 15) is 5.11 Å². The predicted molar refractivity (Wildman–Crippen MR) is 101 cm³/mol. The molecular formula is C20H20Cl2N2O. The number of aliphatic hydroxyl groups excluding tert-OH is 1. The molecule has 0 saturated heterocycles. The Labute approximate surface area is 157 Å². The van der Waals surface area contributed by atoms with Gasteiger partial charge < -0.3 is 9.51 Å². The summed E-state index contributed by atoms with van der Waals surface area (Å²) in [5, 5.41) is 12.4. The summed E-state index contributed by atoms with van der Waals surface area (Å²) in [6.45, 7) is 0. The standard InChI is InChI=1S/C20H20Cl2N2O/c21-16-7-5-14(6-8-16)13-1-3-15(4-2-13)20(25)19-10-17(22)9-18-11-23-12-24(18)19/h5-13,15,20,25H,1-4H2/t13-,15-,20-/m0/s1. The number of hydrogen-bond donors (Lipinski definition) is 1. The summed E-state index contributed by atoms with van der Waals surface area (Å²) in [7, 11) is 0. The number of benzene rings is 1. The minimum atomic E-state index is -0.526. The highest BCUT2D eigenvalue weighted by Crippen LogP contribution is 2.41. The van der Waals surface area contributed by atoms with Crippen molar-refractivity contribution >= 4 is 28.7 Å². The molecule has 5 heteroatoms. The molecule has 2 aromatic heterocycles. The minimum Gasteiger partial charge on any atom is -0.387 e. The fourth-order valence-corrected chi connectivity index (χ4v) is 4.34. The number of pyridine rings is 1. The van der Waals surface area contributed by atoms with Crippen LogP contribution in [0.5, 0.6) is 0 Å². The maximum absolute atomic E-state index is 11.0. The van der Waals surface area contributed by atoms with Crippen LogP contribution in [0.1, 0.15) is 49.0 Å². The highest BCUT2D eigenvalue weighted by molar-refractivity contribution is 6.31. The van der Waals surface area contributed by atoms with E-state index in [1.807, 2.05) is 28.7 Å². The molecule has 2 heterocycles. The van der Waals surface area contributed by atoms with Crippen molar-refractivity contribution in [3.05, 3.63) is 70.2 Å². The van der Waals surface area contributed by atoms with Gasteiger partial charge in [-0.3, -0.25) is 0 Å². The molecule has 1 atom stereocenters. The molecule has 0 unspecified atom stereocenters. The molecule has 130 valence electrons. The lowest BCUT2D eigenvalue weighted by Crippen LogP contribution is -2.21. The van der Waals surface area contributed by atoms with E-state index in [1.165, 1.54) is 5.56 Å². The largest absolute Gasteiger partial charge is 0.387 e. The van der Waals surface area contributed by atoms with E-state index in [0.717, 1.165) is 41.9 Å². The molecule has 1 saturated carbocycles. The van der Waals surface area contributed by atoms with E-state index in [1.54, 1.807) is 12.5 Å². The van der Waals surface area contributed by atoms with Crippen LogP contribution in [0.3, 0.4) is 0 Å². The van der Waals surface area contributed by atoms with Gasteiger partial charge in [-0.05, 0) is 67.3 Å². The Balaban J connectivity index is 1.50. The third-order valence-corrected chi connectivity index (χ3v) is 5.85. The van der Waals surface area contributed by atoms with Crippen molar-refractivity contribution in [1.82, 2.24) is 9.38 Å². The molecule has 0 aliphatic heterocycles. The average Bonchev–Trinajstić information content (AvgIpc) is 3.09. The number of imidazole rings is 1. The van der Waals surface area contributed by atoms with Crippen molar-refractivity contribution in [2.24, 2.45) is 5.92 Å². The van der Waals surface area contributed by atoms with Gasteiger partial charge in [-0.2, -0.15) is 0 Å². The number of aromatic nitrogens is 2. The summed E-state index contributed by atoms with van der Waals surface area (Å²) >= 11 is 12.2. The first-order chi connectivity index (χ1) is 12.1. The molecule has 0 bridgehead atoms. The van der Waals surface area contributed by atoms with Crippen molar-refractivity contribution in [2.75, 3.05) is 0 Å². The Morgan fingerprint density at radius 3 is 2.44 bits per heavy atom. The number of nitrogens with zero attached hydrogens (tertiary/aromatic N) is 2. The molecule has 25 heavy (non-hydrogen) atoms. The first-order valence-electron chi connectivity index (χ1n) is 8.67. The van der Waals surface area contributed by atoms with E-state index in [2.05, 4.69) is 17.1 Å². The molecule has 4 rings (SSSR count). The number of rotatable bonds is 3. The molecule has 0 radical (unpaired) electrons. The average molecular weight is 375 g/mol. The van der Waals surface area contributed by atoms with Crippen LogP contribution in [-0.2, 0) is 0 Å². The van der Waals surface area contributed by atoms with Crippen LogP contribution in [0, 0.1) is 5.92 Å². The summed E-state index contributed by atoms with van der Waals surface area (Å²) in [6, 6.07) is 11.9. The number of hydrogen-bond acceptors (Lipinski definition) is 2. The number of halogens is 2. The third kappa shape index (κ3) is 3.41. The Kier molecular flexibility index (Phi) is 4.72. The molecule has 1 fully saturated rings. The van der Waals surface area contributed by atoms with Gasteiger partial charge in [0.05, 0.1) is 29.8 Å². The van der Waals surface area contributed by atoms with Crippen molar-refractivity contribution in [3.63, 3.8) is 0 Å². The van der Waals surface area contributed by atoms with Gasteiger partial charge in [0.2, 0.25) is 0 Å². The molecule has 3 nitrogen and oxygen atoms in total. The monoisotopic (exact) mass is 374 g/mol. The molecule has 1 aliphatic carbocycles. The molecule has 1 aliphatic rings. The van der Waals surface area contributed by atoms with Crippen LogP contribution >= 0.6 is 23.2 Å². The van der Waals surface area contributed by atoms with E-state index >= 15 is 0 Å². The normalized spacial score (nSPS) is 22.2. The fraction of sp³-hybridized carbons (Fsp3) is 0.350. The zero-order valence-corrected chi connectivity index (χ0v) is 15.3. The van der Waals surface area contributed by atoms with Crippen LogP contribution in [0.2, 0.25) is 10.0 Å². The summed E-state index contributed by atoms with van der Waals surface area (Å²) in [6.07, 6.45) is 7.13. The summed E-state index contributed by atoms with van der Waals surface area (Å²) in [5.41, 5.74) is 3.09. The predicted octanol–water partition coefficient (Wildman–Crippen LogP) is 5.65. The molecule has 0 spiro atoms. The maximum Gasteiger partial charge on any atom is 0.0995 e. The van der Waals surface area contributed by atoms with Crippen LogP contribution in [-0.4, -0.2) is 14.5 Å². The smallest absolute Gasteiger partial charge is 0.0995 e. The van der Waals surface area contributed by atoms with Gasteiger partial charge in [-0.15, -0.1) is 0 Å². The quantitative estimate of drug-likeness (QED) is 0.643. The molecule has 3 aromatic rings. The summed E-state index contributed by atoms with van der Waals surface area (Å²) in [4.78, 5) is 4.17. The van der Waals surface area contributed by atoms with Gasteiger partial charge in [0, 0.05) is 10.0 Å². The fourth-order valence-electron chi connectivity index (χ4n) is 3.99. The van der Waals surface area contributed by atoms with Gasteiger partial charge in [0.15, 0.2) is 0 Å². The summed E-state index contributed by atoms with van der Waals surface area (Å²) < 4.78 is 1.93. The van der Waals surface area contributed by atoms with E-state index < -0.39 is 6.10 Å². The molecule has 1 N–H and O–H groups in total. The highest BCUT2D eigenvalue weighted by atomic mass is 35.5. The molecule has 1 aromatic carbocycles. The van der Waals surface area contributed by atoms with Gasteiger partial charge in [0.25, 0.3) is 0 Å².